The molecule has 4 heteroatoms. The molecule has 2 N–H and O–H groups in total. The minimum atomic E-state index is -0.0875. The maximum Gasteiger partial charge on any atom is 0.267 e. The lowest BCUT2D eigenvalue weighted by atomic mass is 10.3. The van der Waals surface area contributed by atoms with E-state index in [1.165, 1.54) is 4.68 Å². The number of hydrogen-bond donors (Lipinski definition) is 1. The van der Waals surface area contributed by atoms with Gasteiger partial charge >= 0.3 is 0 Å². The summed E-state index contributed by atoms with van der Waals surface area (Å²) >= 11 is 0. The Kier molecular flexibility index (Phi) is 2.38. The van der Waals surface area contributed by atoms with Crippen molar-refractivity contribution in [2.24, 2.45) is 5.73 Å². The van der Waals surface area contributed by atoms with Crippen LogP contribution in [-0.2, 0) is 6.54 Å². The number of nitrogens with zero attached hydrogens (tertiary/aromatic N) is 2. The van der Waals surface area contributed by atoms with Gasteiger partial charge in [0.1, 0.15) is 0 Å². The van der Waals surface area contributed by atoms with Crippen molar-refractivity contribution in [1.82, 2.24) is 9.78 Å². The van der Waals surface area contributed by atoms with Gasteiger partial charge in [-0.25, -0.2) is 4.68 Å². The molecule has 0 aromatic carbocycles. The van der Waals surface area contributed by atoms with Crippen LogP contribution in [0.15, 0.2) is 17.1 Å². The summed E-state index contributed by atoms with van der Waals surface area (Å²) in [6, 6.07) is 1.54. The summed E-state index contributed by atoms with van der Waals surface area (Å²) < 4.78 is 1.35. The van der Waals surface area contributed by atoms with Gasteiger partial charge in [-0.2, -0.15) is 5.10 Å². The van der Waals surface area contributed by atoms with Gasteiger partial charge in [-0.15, -0.1) is 0 Å². The quantitative estimate of drug-likeness (QED) is 0.623. The van der Waals surface area contributed by atoms with Crippen LogP contribution in [0.3, 0.4) is 0 Å². The van der Waals surface area contributed by atoms with Crippen LogP contribution in [0.1, 0.15) is 5.56 Å². The van der Waals surface area contributed by atoms with Crippen LogP contribution in [0.2, 0.25) is 0 Å². The fourth-order valence-corrected chi connectivity index (χ4v) is 0.814. The lowest BCUT2D eigenvalue weighted by Gasteiger charge is -2.00. The molecule has 1 aromatic heterocycles. The lowest BCUT2D eigenvalue weighted by Crippen LogP contribution is -2.25. The van der Waals surface area contributed by atoms with Crippen LogP contribution in [0.4, 0.5) is 0 Å². The average molecular weight is 153 g/mol. The standard InChI is InChI=1S/C7H11N3O/c1-6-4-7(11)10(3-2-8)9-5-6/h4-5H,2-3,8H2,1H3. The fraction of sp³-hybridized carbons (Fsp3) is 0.429. The Hall–Kier alpha value is -1.16. The van der Waals surface area contributed by atoms with Crippen molar-refractivity contribution in [3.8, 4) is 0 Å². The third-order valence-electron chi connectivity index (χ3n) is 1.35. The predicted molar refractivity (Wildman–Crippen MR) is 42.3 cm³/mol. The van der Waals surface area contributed by atoms with Gasteiger partial charge in [-0.1, -0.05) is 0 Å². The van der Waals surface area contributed by atoms with Crippen LogP contribution in [0.5, 0.6) is 0 Å². The van der Waals surface area contributed by atoms with Crippen LogP contribution in [0.25, 0.3) is 0 Å². The number of aryl methyl sites for hydroxylation is 1. The molecule has 0 aliphatic carbocycles. The van der Waals surface area contributed by atoms with E-state index < -0.39 is 0 Å². The van der Waals surface area contributed by atoms with E-state index in [0.717, 1.165) is 5.56 Å². The highest BCUT2D eigenvalue weighted by molar-refractivity contribution is 5.02. The topological polar surface area (TPSA) is 60.9 Å². The maximum atomic E-state index is 11.1. The molecule has 0 saturated heterocycles. The smallest absolute Gasteiger partial charge is 0.267 e. The largest absolute Gasteiger partial charge is 0.329 e. The van der Waals surface area contributed by atoms with Crippen LogP contribution < -0.4 is 11.3 Å². The molecule has 11 heavy (non-hydrogen) atoms. The molecule has 0 spiro atoms. The second kappa shape index (κ2) is 3.30. The Morgan fingerprint density at radius 2 is 2.45 bits per heavy atom. The number of rotatable bonds is 2. The zero-order chi connectivity index (χ0) is 8.27. The number of hydrogen-bond acceptors (Lipinski definition) is 3. The van der Waals surface area contributed by atoms with Crippen LogP contribution in [-0.4, -0.2) is 16.3 Å². The summed E-state index contributed by atoms with van der Waals surface area (Å²) in [5.41, 5.74) is 6.06. The summed E-state index contributed by atoms with van der Waals surface area (Å²) in [6.45, 7) is 2.76. The van der Waals surface area contributed by atoms with Crippen molar-refractivity contribution >= 4 is 0 Å². The predicted octanol–water partition coefficient (Wildman–Crippen LogP) is -0.490. The SMILES string of the molecule is Cc1cnn(CCN)c(=O)c1. The molecule has 1 heterocycles. The fourth-order valence-electron chi connectivity index (χ4n) is 0.814. The molecule has 0 amide bonds. The molecule has 0 bridgehead atoms. The first kappa shape index (κ1) is 7.94. The third kappa shape index (κ3) is 1.88. The normalized spacial score (nSPS) is 10.0. The zero-order valence-corrected chi connectivity index (χ0v) is 6.45. The van der Waals surface area contributed by atoms with E-state index >= 15 is 0 Å². The van der Waals surface area contributed by atoms with Gasteiger partial charge in [-0.05, 0) is 12.5 Å². The van der Waals surface area contributed by atoms with E-state index in [4.69, 9.17) is 5.73 Å². The minimum Gasteiger partial charge on any atom is -0.329 e. The summed E-state index contributed by atoms with van der Waals surface area (Å²) in [6.07, 6.45) is 1.65. The average Bonchev–Trinajstić information content (AvgIpc) is 1.95. The second-order valence-corrected chi connectivity index (χ2v) is 2.38. The van der Waals surface area contributed by atoms with Crippen molar-refractivity contribution in [3.63, 3.8) is 0 Å². The number of nitrogens with two attached hydrogens (primary N) is 1. The minimum absolute atomic E-state index is 0.0875. The van der Waals surface area contributed by atoms with E-state index in [-0.39, 0.29) is 5.56 Å². The van der Waals surface area contributed by atoms with Crippen LogP contribution >= 0.6 is 0 Å². The maximum absolute atomic E-state index is 11.1. The van der Waals surface area contributed by atoms with E-state index in [9.17, 15) is 4.79 Å². The van der Waals surface area contributed by atoms with Gasteiger partial charge in [0.15, 0.2) is 0 Å². The van der Waals surface area contributed by atoms with Gasteiger partial charge < -0.3 is 5.73 Å². The molecule has 0 radical (unpaired) electrons. The molecular weight excluding hydrogens is 142 g/mol. The van der Waals surface area contributed by atoms with Crippen molar-refractivity contribution < 1.29 is 0 Å². The van der Waals surface area contributed by atoms with Crippen LogP contribution in [0, 0.1) is 6.92 Å². The molecular formula is C7H11N3O. The first-order valence-corrected chi connectivity index (χ1v) is 3.48. The van der Waals surface area contributed by atoms with E-state index in [1.807, 2.05) is 6.92 Å². The monoisotopic (exact) mass is 153 g/mol. The summed E-state index contributed by atoms with van der Waals surface area (Å²) in [4.78, 5) is 11.1. The van der Waals surface area contributed by atoms with Crippen molar-refractivity contribution in [1.29, 1.82) is 0 Å². The molecule has 0 atom stereocenters. The molecule has 0 unspecified atom stereocenters. The third-order valence-corrected chi connectivity index (χ3v) is 1.35. The molecule has 4 nitrogen and oxygen atoms in total. The molecule has 0 aliphatic heterocycles. The Morgan fingerprint density at radius 3 is 3.00 bits per heavy atom. The first-order valence-electron chi connectivity index (χ1n) is 3.48. The lowest BCUT2D eigenvalue weighted by molar-refractivity contribution is 0.585. The molecule has 0 aliphatic rings. The van der Waals surface area contributed by atoms with E-state index in [1.54, 1.807) is 12.3 Å². The van der Waals surface area contributed by atoms with E-state index in [0.29, 0.717) is 13.1 Å². The van der Waals surface area contributed by atoms with Crippen molar-refractivity contribution in [2.75, 3.05) is 6.54 Å². The molecule has 1 rings (SSSR count). The highest BCUT2D eigenvalue weighted by atomic mass is 16.1. The summed E-state index contributed by atoms with van der Waals surface area (Å²) in [7, 11) is 0. The molecule has 0 fully saturated rings. The zero-order valence-electron chi connectivity index (χ0n) is 6.45. The Morgan fingerprint density at radius 1 is 1.73 bits per heavy atom. The van der Waals surface area contributed by atoms with Gasteiger partial charge in [0.25, 0.3) is 5.56 Å². The van der Waals surface area contributed by atoms with Crippen molar-refractivity contribution in [3.05, 3.63) is 28.2 Å². The highest BCUT2D eigenvalue weighted by Crippen LogP contribution is 1.85. The van der Waals surface area contributed by atoms with Crippen molar-refractivity contribution in [2.45, 2.75) is 13.5 Å². The van der Waals surface area contributed by atoms with Gasteiger partial charge in [0, 0.05) is 12.6 Å². The Balaban J connectivity index is 3.00. The summed E-state index contributed by atoms with van der Waals surface area (Å²) in [5, 5.41) is 3.89. The number of aromatic nitrogens is 2. The molecule has 1 aromatic rings. The molecule has 60 valence electrons. The second-order valence-electron chi connectivity index (χ2n) is 2.38. The van der Waals surface area contributed by atoms with E-state index in [2.05, 4.69) is 5.10 Å². The highest BCUT2D eigenvalue weighted by Gasteiger charge is 1.93. The summed E-state index contributed by atoms with van der Waals surface area (Å²) in [5.74, 6) is 0. The van der Waals surface area contributed by atoms with Gasteiger partial charge in [-0.3, -0.25) is 4.79 Å². The van der Waals surface area contributed by atoms with Gasteiger partial charge in [0.2, 0.25) is 0 Å². The Labute approximate surface area is 64.6 Å². The molecule has 0 saturated carbocycles. The first-order chi connectivity index (χ1) is 5.24. The Bertz CT molecular complexity index is 292. The van der Waals surface area contributed by atoms with Gasteiger partial charge in [0.05, 0.1) is 12.7 Å².